The maximum Gasteiger partial charge on any atom is 0.320 e. The number of aromatic nitrogens is 2. The van der Waals surface area contributed by atoms with Crippen LogP contribution in [-0.4, -0.2) is 29.3 Å². The van der Waals surface area contributed by atoms with Crippen molar-refractivity contribution >= 4 is 11.8 Å². The summed E-state index contributed by atoms with van der Waals surface area (Å²) in [6.07, 6.45) is 1.70. The van der Waals surface area contributed by atoms with Crippen molar-refractivity contribution in [2.45, 2.75) is 19.4 Å². The van der Waals surface area contributed by atoms with Crippen LogP contribution >= 0.6 is 0 Å². The Morgan fingerprint density at radius 3 is 3.00 bits per heavy atom. The van der Waals surface area contributed by atoms with Crippen molar-refractivity contribution < 1.29 is 4.79 Å². The molecule has 110 valence electrons. The second-order valence-electron chi connectivity index (χ2n) is 5.07. The van der Waals surface area contributed by atoms with Crippen LogP contribution in [0.15, 0.2) is 30.3 Å². The summed E-state index contributed by atoms with van der Waals surface area (Å²) >= 11 is 0. The van der Waals surface area contributed by atoms with Crippen molar-refractivity contribution in [3.63, 3.8) is 0 Å². The zero-order valence-electron chi connectivity index (χ0n) is 11.8. The van der Waals surface area contributed by atoms with E-state index in [9.17, 15) is 4.79 Å². The Kier molecular flexibility index (Phi) is 4.16. The van der Waals surface area contributed by atoms with Gasteiger partial charge in [-0.1, -0.05) is 30.3 Å². The first-order valence-electron chi connectivity index (χ1n) is 7.18. The van der Waals surface area contributed by atoms with E-state index in [-0.39, 0.29) is 6.03 Å². The average molecular weight is 285 g/mol. The molecule has 2 amide bonds. The van der Waals surface area contributed by atoms with Gasteiger partial charge in [-0.3, -0.25) is 10.4 Å². The van der Waals surface area contributed by atoms with E-state index in [1.54, 1.807) is 0 Å². The van der Waals surface area contributed by atoms with E-state index in [0.29, 0.717) is 12.4 Å². The number of fused-ring (bicyclic) bond motifs is 1. The van der Waals surface area contributed by atoms with Crippen LogP contribution in [-0.2, 0) is 19.4 Å². The molecule has 1 aliphatic rings. The molecule has 0 fully saturated rings. The van der Waals surface area contributed by atoms with Gasteiger partial charge in [0.25, 0.3) is 0 Å². The number of carbonyl (C=O) groups is 1. The lowest BCUT2D eigenvalue weighted by Gasteiger charge is -2.13. The van der Waals surface area contributed by atoms with Crippen LogP contribution in [0.25, 0.3) is 0 Å². The lowest BCUT2D eigenvalue weighted by atomic mass is 10.1. The highest BCUT2D eigenvalue weighted by Gasteiger charge is 2.17. The summed E-state index contributed by atoms with van der Waals surface area (Å²) in [5.74, 6) is 0.642. The SMILES string of the molecule is O=C(NCCc1ccccc1)Nc1n[nH]c2c1CCNC2. The molecular weight excluding hydrogens is 266 g/mol. The van der Waals surface area contributed by atoms with Gasteiger partial charge in [0.05, 0.1) is 5.69 Å². The molecule has 0 spiro atoms. The summed E-state index contributed by atoms with van der Waals surface area (Å²) in [5, 5.41) is 16.1. The third-order valence-electron chi connectivity index (χ3n) is 3.58. The number of hydrogen-bond donors (Lipinski definition) is 4. The van der Waals surface area contributed by atoms with Gasteiger partial charge < -0.3 is 10.6 Å². The highest BCUT2D eigenvalue weighted by Crippen LogP contribution is 2.19. The minimum Gasteiger partial charge on any atom is -0.337 e. The van der Waals surface area contributed by atoms with Crippen molar-refractivity contribution in [2.75, 3.05) is 18.4 Å². The molecule has 0 bridgehead atoms. The Labute approximate surface area is 123 Å². The minimum atomic E-state index is -0.209. The summed E-state index contributed by atoms with van der Waals surface area (Å²) in [5.41, 5.74) is 3.37. The molecule has 0 radical (unpaired) electrons. The summed E-state index contributed by atoms with van der Waals surface area (Å²) in [6, 6.07) is 9.88. The van der Waals surface area contributed by atoms with Gasteiger partial charge in [0, 0.05) is 18.7 Å². The molecule has 6 heteroatoms. The molecule has 0 atom stereocenters. The van der Waals surface area contributed by atoms with Crippen LogP contribution in [0.5, 0.6) is 0 Å². The topological polar surface area (TPSA) is 81.8 Å². The number of aromatic amines is 1. The maximum atomic E-state index is 11.9. The quantitative estimate of drug-likeness (QED) is 0.686. The summed E-state index contributed by atoms with van der Waals surface area (Å²) < 4.78 is 0. The Morgan fingerprint density at radius 1 is 1.29 bits per heavy atom. The molecule has 6 nitrogen and oxygen atoms in total. The van der Waals surface area contributed by atoms with Gasteiger partial charge in [0.2, 0.25) is 0 Å². The summed E-state index contributed by atoms with van der Waals surface area (Å²) in [6.45, 7) is 2.29. The van der Waals surface area contributed by atoms with Gasteiger partial charge in [-0.15, -0.1) is 0 Å². The van der Waals surface area contributed by atoms with Crippen molar-refractivity contribution in [1.29, 1.82) is 0 Å². The van der Waals surface area contributed by atoms with Crippen LogP contribution < -0.4 is 16.0 Å². The number of benzene rings is 1. The molecule has 1 aromatic heterocycles. The molecule has 2 heterocycles. The number of nitrogens with zero attached hydrogens (tertiary/aromatic N) is 1. The van der Waals surface area contributed by atoms with Crippen LogP contribution in [0.1, 0.15) is 16.8 Å². The zero-order chi connectivity index (χ0) is 14.5. The lowest BCUT2D eigenvalue weighted by Crippen LogP contribution is -2.31. The highest BCUT2D eigenvalue weighted by atomic mass is 16.2. The van der Waals surface area contributed by atoms with E-state index >= 15 is 0 Å². The summed E-state index contributed by atoms with van der Waals surface area (Å²) in [4.78, 5) is 11.9. The molecule has 1 aromatic carbocycles. The van der Waals surface area contributed by atoms with E-state index in [1.807, 2.05) is 18.2 Å². The number of rotatable bonds is 4. The molecule has 0 saturated heterocycles. The Morgan fingerprint density at radius 2 is 2.14 bits per heavy atom. The monoisotopic (exact) mass is 285 g/mol. The van der Waals surface area contributed by atoms with Gasteiger partial charge in [-0.05, 0) is 24.9 Å². The largest absolute Gasteiger partial charge is 0.337 e. The van der Waals surface area contributed by atoms with E-state index in [4.69, 9.17) is 0 Å². The fourth-order valence-corrected chi connectivity index (χ4v) is 2.46. The van der Waals surface area contributed by atoms with Crippen LogP contribution in [0.2, 0.25) is 0 Å². The highest BCUT2D eigenvalue weighted by molar-refractivity contribution is 5.89. The number of amides is 2. The minimum absolute atomic E-state index is 0.209. The fraction of sp³-hybridized carbons (Fsp3) is 0.333. The molecular formula is C15H19N5O. The van der Waals surface area contributed by atoms with Crippen molar-refractivity contribution in [2.24, 2.45) is 0 Å². The van der Waals surface area contributed by atoms with Crippen LogP contribution in [0.3, 0.4) is 0 Å². The smallest absolute Gasteiger partial charge is 0.320 e. The van der Waals surface area contributed by atoms with E-state index in [0.717, 1.165) is 37.2 Å². The zero-order valence-corrected chi connectivity index (χ0v) is 11.8. The third kappa shape index (κ3) is 3.41. The Balaban J connectivity index is 1.49. The Bertz CT molecular complexity index is 608. The average Bonchev–Trinajstić information content (AvgIpc) is 2.92. The van der Waals surface area contributed by atoms with E-state index < -0.39 is 0 Å². The van der Waals surface area contributed by atoms with Crippen molar-refractivity contribution in [1.82, 2.24) is 20.8 Å². The number of anilines is 1. The first kappa shape index (κ1) is 13.6. The third-order valence-corrected chi connectivity index (χ3v) is 3.58. The van der Waals surface area contributed by atoms with Gasteiger partial charge in [0.15, 0.2) is 5.82 Å². The first-order valence-corrected chi connectivity index (χ1v) is 7.18. The van der Waals surface area contributed by atoms with Crippen LogP contribution in [0.4, 0.5) is 10.6 Å². The molecule has 0 unspecified atom stereocenters. The standard InChI is InChI=1S/C15H19N5O/c21-15(17-9-6-11-4-2-1-3-5-11)18-14-12-7-8-16-10-13(12)19-20-14/h1-5,16H,6-10H2,(H3,17,18,19,20,21). The lowest BCUT2D eigenvalue weighted by molar-refractivity contribution is 0.252. The first-order chi connectivity index (χ1) is 10.3. The molecule has 4 N–H and O–H groups in total. The van der Waals surface area contributed by atoms with Crippen molar-refractivity contribution in [3.8, 4) is 0 Å². The number of H-pyrrole nitrogens is 1. The molecule has 0 aliphatic carbocycles. The van der Waals surface area contributed by atoms with Gasteiger partial charge in [0.1, 0.15) is 0 Å². The maximum absolute atomic E-state index is 11.9. The Hall–Kier alpha value is -2.34. The normalized spacial score (nSPS) is 13.5. The summed E-state index contributed by atoms with van der Waals surface area (Å²) in [7, 11) is 0. The number of nitrogens with one attached hydrogen (secondary N) is 4. The number of urea groups is 1. The number of carbonyl (C=O) groups excluding carboxylic acids is 1. The van der Waals surface area contributed by atoms with Crippen LogP contribution in [0, 0.1) is 0 Å². The van der Waals surface area contributed by atoms with Gasteiger partial charge >= 0.3 is 6.03 Å². The second-order valence-corrected chi connectivity index (χ2v) is 5.07. The molecule has 0 saturated carbocycles. The van der Waals surface area contributed by atoms with Gasteiger partial charge in [-0.25, -0.2) is 4.79 Å². The van der Waals surface area contributed by atoms with Gasteiger partial charge in [-0.2, -0.15) is 5.10 Å². The predicted octanol–water partition coefficient (Wildman–Crippen LogP) is 1.42. The van der Waals surface area contributed by atoms with E-state index in [1.165, 1.54) is 5.56 Å². The predicted molar refractivity (Wildman–Crippen MR) is 81.2 cm³/mol. The number of hydrogen-bond acceptors (Lipinski definition) is 3. The molecule has 1 aliphatic heterocycles. The molecule has 2 aromatic rings. The molecule has 3 rings (SSSR count). The van der Waals surface area contributed by atoms with E-state index in [2.05, 4.69) is 38.3 Å². The molecule has 21 heavy (non-hydrogen) atoms. The fourth-order valence-electron chi connectivity index (χ4n) is 2.46. The second kappa shape index (κ2) is 6.41. The van der Waals surface area contributed by atoms with Crippen molar-refractivity contribution in [3.05, 3.63) is 47.2 Å².